The summed E-state index contributed by atoms with van der Waals surface area (Å²) in [5, 5.41) is 29.5. The van der Waals surface area contributed by atoms with Crippen LogP contribution in [0.1, 0.15) is 11.5 Å². The quantitative estimate of drug-likeness (QED) is 0.822. The Balaban J connectivity index is 2.41. The molecule has 1 aliphatic carbocycles. The third-order valence-electron chi connectivity index (χ3n) is 5.16. The minimum Gasteiger partial charge on any atom is -0.399 e. The smallest absolute Gasteiger partial charge is 0.191 e. The van der Waals surface area contributed by atoms with Crippen LogP contribution in [0.2, 0.25) is 5.02 Å². The van der Waals surface area contributed by atoms with Crippen LogP contribution >= 0.6 is 11.6 Å². The standard InChI is InChI=1S/C19H15ClFN5/c1-26-6-5-11-12(7-22)18(25)19(9-23,10-24)17(13(11)8-26)16-14(20)3-2-4-15(16)21/h2-5,13,17H,6,8,25H2,1H3/t13-,17+/m0/s1. The minimum absolute atomic E-state index is 0.0865. The van der Waals surface area contributed by atoms with Crippen molar-refractivity contribution in [2.24, 2.45) is 17.1 Å². The Hall–Kier alpha value is -2.85. The van der Waals surface area contributed by atoms with E-state index in [4.69, 9.17) is 17.3 Å². The number of hydrogen-bond acceptors (Lipinski definition) is 5. The van der Waals surface area contributed by atoms with E-state index in [1.807, 2.05) is 36.2 Å². The van der Waals surface area contributed by atoms with Gasteiger partial charge < -0.3 is 10.6 Å². The molecule has 1 aromatic carbocycles. The number of hydrogen-bond donors (Lipinski definition) is 1. The molecule has 1 aromatic rings. The molecule has 1 heterocycles. The van der Waals surface area contributed by atoms with Crippen LogP contribution in [0, 0.1) is 51.1 Å². The highest BCUT2D eigenvalue weighted by atomic mass is 35.5. The van der Waals surface area contributed by atoms with E-state index in [1.165, 1.54) is 18.2 Å². The Morgan fingerprint density at radius 1 is 1.31 bits per heavy atom. The minimum atomic E-state index is -1.88. The number of fused-ring (bicyclic) bond motifs is 1. The Labute approximate surface area is 156 Å². The van der Waals surface area contributed by atoms with Crippen LogP contribution < -0.4 is 5.73 Å². The molecule has 2 aliphatic rings. The van der Waals surface area contributed by atoms with E-state index >= 15 is 0 Å². The highest BCUT2D eigenvalue weighted by molar-refractivity contribution is 6.31. The van der Waals surface area contributed by atoms with Crippen LogP contribution in [-0.2, 0) is 0 Å². The third-order valence-corrected chi connectivity index (χ3v) is 5.49. The first-order valence-corrected chi connectivity index (χ1v) is 8.34. The first-order valence-electron chi connectivity index (χ1n) is 7.97. The van der Waals surface area contributed by atoms with Crippen LogP contribution in [0.25, 0.3) is 0 Å². The molecule has 1 aliphatic heterocycles. The van der Waals surface area contributed by atoms with Crippen molar-refractivity contribution in [2.45, 2.75) is 5.92 Å². The number of benzene rings is 1. The van der Waals surface area contributed by atoms with Gasteiger partial charge in [0.05, 0.1) is 23.4 Å². The molecule has 0 spiro atoms. The van der Waals surface area contributed by atoms with E-state index in [-0.39, 0.29) is 21.9 Å². The van der Waals surface area contributed by atoms with E-state index < -0.39 is 23.1 Å². The topological polar surface area (TPSA) is 101 Å². The lowest BCUT2D eigenvalue weighted by Crippen LogP contribution is -2.47. The van der Waals surface area contributed by atoms with Gasteiger partial charge in [0.15, 0.2) is 5.41 Å². The molecule has 7 heteroatoms. The molecule has 0 saturated heterocycles. The lowest BCUT2D eigenvalue weighted by molar-refractivity contribution is 0.234. The van der Waals surface area contributed by atoms with Gasteiger partial charge in [-0.05, 0) is 24.8 Å². The fraction of sp³-hybridized carbons (Fsp3) is 0.316. The van der Waals surface area contributed by atoms with E-state index in [9.17, 15) is 20.2 Å². The predicted molar refractivity (Wildman–Crippen MR) is 93.7 cm³/mol. The van der Waals surface area contributed by atoms with Crippen molar-refractivity contribution in [3.05, 3.63) is 57.5 Å². The molecule has 0 unspecified atom stereocenters. The number of likely N-dealkylation sites (N-methyl/N-ethyl adjacent to an activating group) is 1. The van der Waals surface area contributed by atoms with Gasteiger partial charge in [-0.1, -0.05) is 23.7 Å². The van der Waals surface area contributed by atoms with Gasteiger partial charge in [-0.3, -0.25) is 0 Å². The second-order valence-electron chi connectivity index (χ2n) is 6.53. The van der Waals surface area contributed by atoms with Gasteiger partial charge >= 0.3 is 0 Å². The highest BCUT2D eigenvalue weighted by Gasteiger charge is 2.55. The van der Waals surface area contributed by atoms with Crippen LogP contribution in [-0.4, -0.2) is 25.0 Å². The average Bonchev–Trinajstić information content (AvgIpc) is 2.62. The number of nitrogens with two attached hydrogens (primary N) is 1. The first kappa shape index (κ1) is 18.0. The molecule has 2 atom stereocenters. The van der Waals surface area contributed by atoms with Gasteiger partial charge in [0.2, 0.25) is 0 Å². The van der Waals surface area contributed by atoms with Crippen molar-refractivity contribution < 1.29 is 4.39 Å². The molecule has 130 valence electrons. The van der Waals surface area contributed by atoms with Crippen molar-refractivity contribution in [1.82, 2.24) is 4.90 Å². The number of nitriles is 3. The van der Waals surface area contributed by atoms with Crippen molar-refractivity contribution in [1.29, 1.82) is 15.8 Å². The second-order valence-corrected chi connectivity index (χ2v) is 6.94. The normalized spacial score (nSPS) is 24.7. The third kappa shape index (κ3) is 2.37. The van der Waals surface area contributed by atoms with Crippen LogP contribution in [0.5, 0.6) is 0 Å². The molecule has 0 fully saturated rings. The molecule has 2 N–H and O–H groups in total. The second kappa shape index (κ2) is 6.46. The molecular weight excluding hydrogens is 353 g/mol. The molecule has 5 nitrogen and oxygen atoms in total. The van der Waals surface area contributed by atoms with Gasteiger partial charge in [0.1, 0.15) is 11.9 Å². The monoisotopic (exact) mass is 367 g/mol. The van der Waals surface area contributed by atoms with E-state index in [0.29, 0.717) is 18.7 Å². The van der Waals surface area contributed by atoms with E-state index in [1.54, 1.807) is 0 Å². The number of rotatable bonds is 1. The Bertz CT molecular complexity index is 925. The maximum absolute atomic E-state index is 14.8. The van der Waals surface area contributed by atoms with E-state index in [0.717, 1.165) is 0 Å². The summed E-state index contributed by atoms with van der Waals surface area (Å²) in [6, 6.07) is 10.2. The van der Waals surface area contributed by atoms with Gasteiger partial charge in [0, 0.05) is 35.5 Å². The Morgan fingerprint density at radius 2 is 2.00 bits per heavy atom. The van der Waals surface area contributed by atoms with Gasteiger partial charge in [0.25, 0.3) is 0 Å². The van der Waals surface area contributed by atoms with Crippen LogP contribution in [0.3, 0.4) is 0 Å². The summed E-state index contributed by atoms with van der Waals surface area (Å²) in [5.74, 6) is -1.97. The first-order chi connectivity index (χ1) is 12.4. The maximum atomic E-state index is 14.8. The highest BCUT2D eigenvalue weighted by Crippen LogP contribution is 2.55. The SMILES string of the molecule is CN1CC=C2C(C#N)=C(N)C(C#N)(C#N)[C@@H](c3c(F)cccc3Cl)[C@H]2C1. The molecule has 26 heavy (non-hydrogen) atoms. The van der Waals surface area contributed by atoms with Gasteiger partial charge in [-0.2, -0.15) is 15.8 Å². The summed E-state index contributed by atoms with van der Waals surface area (Å²) in [4.78, 5) is 1.98. The molecule has 0 aromatic heterocycles. The summed E-state index contributed by atoms with van der Waals surface area (Å²) in [6.07, 6.45) is 1.85. The lowest BCUT2D eigenvalue weighted by atomic mass is 9.58. The molecule has 0 bridgehead atoms. The summed E-state index contributed by atoms with van der Waals surface area (Å²) in [5.41, 5.74) is 5.00. The molecule has 0 amide bonds. The maximum Gasteiger partial charge on any atom is 0.191 e. The zero-order valence-corrected chi connectivity index (χ0v) is 14.8. The average molecular weight is 368 g/mol. The molecule has 0 radical (unpaired) electrons. The van der Waals surface area contributed by atoms with Crippen molar-refractivity contribution in [3.63, 3.8) is 0 Å². The zero-order chi connectivity index (χ0) is 19.1. The molecule has 3 rings (SSSR count). The Kier molecular flexibility index (Phi) is 4.46. The number of allylic oxidation sites excluding steroid dienone is 2. The predicted octanol–water partition coefficient (Wildman–Crippen LogP) is 2.83. The fourth-order valence-corrected chi connectivity index (χ4v) is 4.22. The molecular formula is C19H15ClFN5. The van der Waals surface area contributed by atoms with E-state index in [2.05, 4.69) is 0 Å². The Morgan fingerprint density at radius 3 is 2.58 bits per heavy atom. The fourth-order valence-electron chi connectivity index (χ4n) is 3.94. The van der Waals surface area contributed by atoms with Crippen molar-refractivity contribution >= 4 is 11.6 Å². The van der Waals surface area contributed by atoms with Gasteiger partial charge in [-0.25, -0.2) is 4.39 Å². The molecule has 0 saturated carbocycles. The summed E-state index contributed by atoms with van der Waals surface area (Å²) >= 11 is 6.28. The number of nitrogens with zero attached hydrogens (tertiary/aromatic N) is 4. The summed E-state index contributed by atoms with van der Waals surface area (Å²) in [7, 11) is 1.88. The van der Waals surface area contributed by atoms with Crippen molar-refractivity contribution in [2.75, 3.05) is 20.1 Å². The van der Waals surface area contributed by atoms with Crippen LogP contribution in [0.15, 0.2) is 41.1 Å². The van der Waals surface area contributed by atoms with Crippen molar-refractivity contribution in [3.8, 4) is 18.2 Å². The van der Waals surface area contributed by atoms with Gasteiger partial charge in [-0.15, -0.1) is 0 Å². The largest absolute Gasteiger partial charge is 0.399 e. The summed E-state index contributed by atoms with van der Waals surface area (Å²) < 4.78 is 14.8. The zero-order valence-electron chi connectivity index (χ0n) is 14.0. The van der Waals surface area contributed by atoms with Crippen LogP contribution in [0.4, 0.5) is 4.39 Å². The summed E-state index contributed by atoms with van der Waals surface area (Å²) in [6.45, 7) is 1.04. The lowest BCUT2D eigenvalue weighted by Gasteiger charge is -2.45. The number of halogens is 2.